The van der Waals surface area contributed by atoms with Crippen molar-refractivity contribution in [3.05, 3.63) is 340 Å². The molecule has 2 heterocycles. The summed E-state index contributed by atoms with van der Waals surface area (Å²) in [6.45, 7) is 0. The number of aromatic nitrogens is 2. The summed E-state index contributed by atoms with van der Waals surface area (Å²) in [6, 6.07) is 124. The summed E-state index contributed by atoms with van der Waals surface area (Å²) in [5.41, 5.74) is 28.7. The van der Waals surface area contributed by atoms with Gasteiger partial charge < -0.3 is 9.13 Å². The fourth-order valence-electron chi connectivity index (χ4n) is 13.0. The highest BCUT2D eigenvalue weighted by Gasteiger charge is 2.18. The van der Waals surface area contributed by atoms with Crippen LogP contribution < -0.4 is 0 Å². The summed E-state index contributed by atoms with van der Waals surface area (Å²) < 4.78 is 4.82. The van der Waals surface area contributed by atoms with Crippen molar-refractivity contribution in [3.8, 4) is 112 Å². The average Bonchev–Trinajstić information content (AvgIpc) is 2.92. The van der Waals surface area contributed by atoms with Gasteiger partial charge in [-0.3, -0.25) is 0 Å². The second-order valence-electron chi connectivity index (χ2n) is 22.4. The molecule has 402 valence electrons. The van der Waals surface area contributed by atoms with Crippen LogP contribution in [0.2, 0.25) is 0 Å². The standard InChI is InChI=1S/C84H56N2/c1-3-16-57(17-4-1)70-24-15-25-74(54-70)86-82-31-12-10-29-78(82)80-56-72(47-51-84(80)86)71-46-50-83-79(55-71)77-28-9-11-30-81(77)85(83)73-48-44-61(45-49-73)60-34-32-58(33-35-60)59-36-38-62(39-37-59)66-20-13-22-68(52-66)69-23-14-21-67(53-69)63-40-42-65(43-41-63)76-27-8-7-26-75(76)64-18-5-2-6-19-64/h1-56H. The molecule has 2 aromatic heterocycles. The molecule has 0 radical (unpaired) electrons. The Hall–Kier alpha value is -11.3. The van der Waals surface area contributed by atoms with Crippen LogP contribution >= 0.6 is 0 Å². The summed E-state index contributed by atoms with van der Waals surface area (Å²) in [5, 5.41) is 4.96. The molecule has 0 saturated carbocycles. The fourth-order valence-corrected chi connectivity index (χ4v) is 13.0. The Morgan fingerprint density at radius 3 is 0.895 bits per heavy atom. The van der Waals surface area contributed by atoms with E-state index in [2.05, 4.69) is 349 Å². The zero-order chi connectivity index (χ0) is 56.9. The molecule has 0 aliphatic rings. The summed E-state index contributed by atoms with van der Waals surface area (Å²) in [6.07, 6.45) is 0. The van der Waals surface area contributed by atoms with Gasteiger partial charge >= 0.3 is 0 Å². The van der Waals surface area contributed by atoms with Gasteiger partial charge in [0.25, 0.3) is 0 Å². The first-order chi connectivity index (χ1) is 42.6. The molecule has 0 bridgehead atoms. The van der Waals surface area contributed by atoms with Gasteiger partial charge in [-0.2, -0.15) is 0 Å². The van der Waals surface area contributed by atoms with E-state index in [1.807, 2.05) is 0 Å². The summed E-state index contributed by atoms with van der Waals surface area (Å²) >= 11 is 0. The predicted octanol–water partition coefficient (Wildman–Crippen LogP) is 22.9. The van der Waals surface area contributed by atoms with Crippen LogP contribution in [0.3, 0.4) is 0 Å². The lowest BCUT2D eigenvalue weighted by atomic mass is 9.92. The van der Waals surface area contributed by atoms with Crippen LogP contribution in [-0.4, -0.2) is 9.13 Å². The van der Waals surface area contributed by atoms with Crippen molar-refractivity contribution in [1.29, 1.82) is 0 Å². The van der Waals surface area contributed by atoms with Crippen molar-refractivity contribution in [2.45, 2.75) is 0 Å². The van der Waals surface area contributed by atoms with E-state index in [9.17, 15) is 0 Å². The molecule has 0 unspecified atom stereocenters. The monoisotopic (exact) mass is 1090 g/mol. The van der Waals surface area contributed by atoms with Crippen molar-refractivity contribution in [1.82, 2.24) is 9.13 Å². The number of nitrogens with zero attached hydrogens (tertiary/aromatic N) is 2. The van der Waals surface area contributed by atoms with Gasteiger partial charge in [0.1, 0.15) is 0 Å². The number of hydrogen-bond acceptors (Lipinski definition) is 0. The SMILES string of the molecule is c1ccc(-c2cccc(-n3c4ccccc4c4cc(-c5ccc6c(c5)c5ccccc5n6-c5ccc(-c6ccc(-c7ccc(-c8cccc(-c9cccc(-c%10ccc(-c%11ccccc%11-c%11ccccc%11)cc%10)c9)c8)cc7)cc6)cc5)ccc43)c2)cc1. The highest BCUT2D eigenvalue weighted by molar-refractivity contribution is 6.13. The van der Waals surface area contributed by atoms with Gasteiger partial charge in [-0.25, -0.2) is 0 Å². The Bertz CT molecular complexity index is 5160. The molecule has 16 rings (SSSR count). The molecule has 0 spiro atoms. The van der Waals surface area contributed by atoms with E-state index in [1.165, 1.54) is 144 Å². The van der Waals surface area contributed by atoms with E-state index < -0.39 is 0 Å². The summed E-state index contributed by atoms with van der Waals surface area (Å²) in [7, 11) is 0. The molecule has 0 atom stereocenters. The topological polar surface area (TPSA) is 9.86 Å². The van der Waals surface area contributed by atoms with Crippen LogP contribution in [0.15, 0.2) is 340 Å². The van der Waals surface area contributed by atoms with Crippen LogP contribution in [0.4, 0.5) is 0 Å². The van der Waals surface area contributed by atoms with Crippen LogP contribution in [-0.2, 0) is 0 Å². The molecule has 0 fully saturated rings. The quantitative estimate of drug-likeness (QED) is 0.122. The van der Waals surface area contributed by atoms with Crippen LogP contribution in [0.25, 0.3) is 155 Å². The zero-order valence-electron chi connectivity index (χ0n) is 47.2. The van der Waals surface area contributed by atoms with E-state index in [-0.39, 0.29) is 0 Å². The smallest absolute Gasteiger partial charge is 0.0541 e. The van der Waals surface area contributed by atoms with Crippen molar-refractivity contribution in [2.75, 3.05) is 0 Å². The van der Waals surface area contributed by atoms with E-state index in [0.717, 1.165) is 11.4 Å². The molecule has 16 aromatic rings. The molecule has 0 amide bonds. The summed E-state index contributed by atoms with van der Waals surface area (Å²) in [4.78, 5) is 0. The van der Waals surface area contributed by atoms with Crippen LogP contribution in [0.5, 0.6) is 0 Å². The number of para-hydroxylation sites is 2. The molecule has 0 aliphatic carbocycles. The first kappa shape index (κ1) is 50.4. The minimum absolute atomic E-state index is 1.14. The third-order valence-electron chi connectivity index (χ3n) is 17.4. The maximum absolute atomic E-state index is 2.41. The minimum atomic E-state index is 1.14. The Morgan fingerprint density at radius 1 is 0.140 bits per heavy atom. The van der Waals surface area contributed by atoms with Gasteiger partial charge in [0.05, 0.1) is 22.1 Å². The van der Waals surface area contributed by atoms with E-state index in [4.69, 9.17) is 0 Å². The first-order valence-electron chi connectivity index (χ1n) is 29.6. The maximum Gasteiger partial charge on any atom is 0.0541 e. The largest absolute Gasteiger partial charge is 0.309 e. The number of benzene rings is 14. The van der Waals surface area contributed by atoms with Gasteiger partial charge in [-0.1, -0.05) is 267 Å². The Kier molecular flexibility index (Phi) is 12.6. The minimum Gasteiger partial charge on any atom is -0.309 e. The van der Waals surface area contributed by atoms with Crippen molar-refractivity contribution in [3.63, 3.8) is 0 Å². The molecule has 0 aliphatic heterocycles. The van der Waals surface area contributed by atoms with Crippen LogP contribution in [0, 0.1) is 0 Å². The Labute approximate surface area is 501 Å². The number of fused-ring (bicyclic) bond motifs is 6. The second-order valence-corrected chi connectivity index (χ2v) is 22.4. The van der Waals surface area contributed by atoms with E-state index >= 15 is 0 Å². The average molecular weight is 1090 g/mol. The predicted molar refractivity (Wildman–Crippen MR) is 364 cm³/mol. The highest BCUT2D eigenvalue weighted by Crippen LogP contribution is 2.41. The zero-order valence-corrected chi connectivity index (χ0v) is 47.2. The number of rotatable bonds is 11. The van der Waals surface area contributed by atoms with Crippen LogP contribution in [0.1, 0.15) is 0 Å². The van der Waals surface area contributed by atoms with Crippen molar-refractivity contribution in [2.24, 2.45) is 0 Å². The summed E-state index contributed by atoms with van der Waals surface area (Å²) in [5.74, 6) is 0. The third kappa shape index (κ3) is 9.18. The molecular formula is C84H56N2. The first-order valence-corrected chi connectivity index (χ1v) is 29.6. The Morgan fingerprint density at radius 2 is 0.419 bits per heavy atom. The highest BCUT2D eigenvalue weighted by atomic mass is 15.0. The molecule has 2 nitrogen and oxygen atoms in total. The lowest BCUT2D eigenvalue weighted by Gasteiger charge is -2.12. The number of hydrogen-bond donors (Lipinski definition) is 0. The van der Waals surface area contributed by atoms with Gasteiger partial charge in [0, 0.05) is 32.9 Å². The van der Waals surface area contributed by atoms with E-state index in [1.54, 1.807) is 0 Å². The van der Waals surface area contributed by atoms with Crippen molar-refractivity contribution < 1.29 is 0 Å². The molecule has 2 heteroatoms. The molecule has 86 heavy (non-hydrogen) atoms. The second kappa shape index (κ2) is 21.5. The third-order valence-corrected chi connectivity index (χ3v) is 17.4. The van der Waals surface area contributed by atoms with Gasteiger partial charge in [-0.05, 0) is 173 Å². The lowest BCUT2D eigenvalue weighted by Crippen LogP contribution is -1.94. The van der Waals surface area contributed by atoms with Crippen molar-refractivity contribution >= 4 is 43.6 Å². The lowest BCUT2D eigenvalue weighted by molar-refractivity contribution is 1.18. The Balaban J connectivity index is 0.627. The molecule has 0 saturated heterocycles. The van der Waals surface area contributed by atoms with Gasteiger partial charge in [-0.15, -0.1) is 0 Å². The molecule has 0 N–H and O–H groups in total. The normalized spacial score (nSPS) is 11.5. The van der Waals surface area contributed by atoms with Gasteiger partial charge in [0.2, 0.25) is 0 Å². The molecule has 14 aromatic carbocycles. The molecular weight excluding hydrogens is 1040 g/mol. The fraction of sp³-hybridized carbons (Fsp3) is 0. The van der Waals surface area contributed by atoms with Gasteiger partial charge in [0.15, 0.2) is 0 Å². The van der Waals surface area contributed by atoms with E-state index in [0.29, 0.717) is 0 Å². The maximum atomic E-state index is 2.41.